The number of amides is 1. The molecule has 0 aromatic rings. The lowest BCUT2D eigenvalue weighted by molar-refractivity contribution is -0.126. The van der Waals surface area contributed by atoms with Gasteiger partial charge in [-0.05, 0) is 18.8 Å². The van der Waals surface area contributed by atoms with Gasteiger partial charge in [-0.25, -0.2) is 5.84 Å². The Labute approximate surface area is 66.6 Å². The molecule has 1 aliphatic rings. The van der Waals surface area contributed by atoms with Gasteiger partial charge in [0.15, 0.2) is 0 Å². The first-order valence-corrected chi connectivity index (χ1v) is 3.93. The molecule has 1 aliphatic carbocycles. The molecule has 0 aromatic heterocycles. The SMILES string of the molecule is CC1C=CCCC1C(=O)NN. The highest BCUT2D eigenvalue weighted by molar-refractivity contribution is 5.78. The zero-order valence-corrected chi connectivity index (χ0v) is 6.71. The lowest BCUT2D eigenvalue weighted by Crippen LogP contribution is -2.38. The summed E-state index contributed by atoms with van der Waals surface area (Å²) in [6.07, 6.45) is 6.09. The van der Waals surface area contributed by atoms with Crippen molar-refractivity contribution in [3.8, 4) is 0 Å². The molecule has 0 radical (unpaired) electrons. The number of hydrogen-bond acceptors (Lipinski definition) is 2. The third-order valence-corrected chi connectivity index (χ3v) is 2.20. The van der Waals surface area contributed by atoms with Gasteiger partial charge in [0, 0.05) is 5.92 Å². The normalized spacial score (nSPS) is 30.0. The lowest BCUT2D eigenvalue weighted by atomic mass is 9.85. The van der Waals surface area contributed by atoms with Crippen LogP contribution in [0.5, 0.6) is 0 Å². The molecule has 0 fully saturated rings. The second-order valence-electron chi connectivity index (χ2n) is 2.98. The summed E-state index contributed by atoms with van der Waals surface area (Å²) in [6, 6.07) is 0. The summed E-state index contributed by atoms with van der Waals surface area (Å²) in [6.45, 7) is 2.04. The van der Waals surface area contributed by atoms with Gasteiger partial charge in [-0.15, -0.1) is 0 Å². The van der Waals surface area contributed by atoms with Gasteiger partial charge in [-0.3, -0.25) is 10.2 Å². The summed E-state index contributed by atoms with van der Waals surface area (Å²) in [5.74, 6) is 5.40. The summed E-state index contributed by atoms with van der Waals surface area (Å²) in [4.78, 5) is 11.1. The molecule has 0 saturated heterocycles. The van der Waals surface area contributed by atoms with E-state index in [1.165, 1.54) is 0 Å². The van der Waals surface area contributed by atoms with Gasteiger partial charge in [-0.2, -0.15) is 0 Å². The van der Waals surface area contributed by atoms with Gasteiger partial charge >= 0.3 is 0 Å². The van der Waals surface area contributed by atoms with Crippen molar-refractivity contribution in [3.05, 3.63) is 12.2 Å². The summed E-state index contributed by atoms with van der Waals surface area (Å²) < 4.78 is 0. The quantitative estimate of drug-likeness (QED) is 0.251. The number of hydrogen-bond donors (Lipinski definition) is 2. The van der Waals surface area contributed by atoms with Crippen LogP contribution in [0.25, 0.3) is 0 Å². The maximum Gasteiger partial charge on any atom is 0.237 e. The van der Waals surface area contributed by atoms with E-state index in [1.807, 2.05) is 6.92 Å². The number of nitrogens with two attached hydrogens (primary N) is 1. The van der Waals surface area contributed by atoms with Crippen molar-refractivity contribution in [2.45, 2.75) is 19.8 Å². The Kier molecular flexibility index (Phi) is 2.65. The van der Waals surface area contributed by atoms with Crippen LogP contribution in [-0.4, -0.2) is 5.91 Å². The predicted octanol–water partition coefficient (Wildman–Crippen LogP) is 0.579. The average Bonchev–Trinajstić information content (AvgIpc) is 2.04. The largest absolute Gasteiger partial charge is 0.294 e. The monoisotopic (exact) mass is 154 g/mol. The fourth-order valence-electron chi connectivity index (χ4n) is 1.46. The zero-order valence-electron chi connectivity index (χ0n) is 6.71. The van der Waals surface area contributed by atoms with Crippen LogP contribution >= 0.6 is 0 Å². The molecule has 1 amide bonds. The molecule has 0 spiro atoms. The molecule has 1 rings (SSSR count). The minimum absolute atomic E-state index is 0.0400. The van der Waals surface area contributed by atoms with Crippen molar-refractivity contribution in [2.75, 3.05) is 0 Å². The number of allylic oxidation sites excluding steroid dienone is 2. The first-order valence-electron chi connectivity index (χ1n) is 3.93. The second kappa shape index (κ2) is 3.53. The van der Waals surface area contributed by atoms with Gasteiger partial charge in [0.2, 0.25) is 5.91 Å². The minimum atomic E-state index is -0.0400. The van der Waals surface area contributed by atoms with Crippen molar-refractivity contribution in [3.63, 3.8) is 0 Å². The van der Waals surface area contributed by atoms with E-state index in [9.17, 15) is 4.79 Å². The zero-order chi connectivity index (χ0) is 8.27. The fourth-order valence-corrected chi connectivity index (χ4v) is 1.46. The molecule has 0 aromatic carbocycles. The average molecular weight is 154 g/mol. The number of carbonyl (C=O) groups excluding carboxylic acids is 1. The minimum Gasteiger partial charge on any atom is -0.294 e. The molecule has 3 heteroatoms. The van der Waals surface area contributed by atoms with E-state index in [2.05, 4.69) is 17.6 Å². The molecule has 11 heavy (non-hydrogen) atoms. The van der Waals surface area contributed by atoms with Crippen LogP contribution in [0, 0.1) is 11.8 Å². The van der Waals surface area contributed by atoms with E-state index in [4.69, 9.17) is 5.84 Å². The van der Waals surface area contributed by atoms with Crippen molar-refractivity contribution in [1.82, 2.24) is 5.43 Å². The lowest BCUT2D eigenvalue weighted by Gasteiger charge is -2.22. The topological polar surface area (TPSA) is 55.1 Å². The highest BCUT2D eigenvalue weighted by Crippen LogP contribution is 2.23. The molecule has 3 nitrogen and oxygen atoms in total. The van der Waals surface area contributed by atoms with Crippen molar-refractivity contribution >= 4 is 5.91 Å². The van der Waals surface area contributed by atoms with Gasteiger partial charge in [0.25, 0.3) is 0 Å². The maximum absolute atomic E-state index is 11.1. The highest BCUT2D eigenvalue weighted by atomic mass is 16.2. The molecule has 3 N–H and O–H groups in total. The standard InChI is InChI=1S/C8H14N2O/c1-6-4-2-3-5-7(6)8(11)10-9/h2,4,6-7H,3,5,9H2,1H3,(H,10,11). The number of nitrogens with one attached hydrogen (secondary N) is 1. The van der Waals surface area contributed by atoms with E-state index in [1.54, 1.807) is 0 Å². The van der Waals surface area contributed by atoms with Crippen LogP contribution in [0.2, 0.25) is 0 Å². The van der Waals surface area contributed by atoms with E-state index in [0.29, 0.717) is 5.92 Å². The first-order chi connectivity index (χ1) is 5.25. The Balaban J connectivity index is 2.57. The highest BCUT2D eigenvalue weighted by Gasteiger charge is 2.23. The summed E-state index contributed by atoms with van der Waals surface area (Å²) >= 11 is 0. The molecular weight excluding hydrogens is 140 g/mol. The van der Waals surface area contributed by atoms with Crippen LogP contribution in [0.1, 0.15) is 19.8 Å². The molecule has 0 aliphatic heterocycles. The first kappa shape index (κ1) is 8.27. The Hall–Kier alpha value is -0.830. The number of carbonyl (C=O) groups is 1. The van der Waals surface area contributed by atoms with Crippen LogP contribution in [0.15, 0.2) is 12.2 Å². The number of hydrazine groups is 1. The van der Waals surface area contributed by atoms with E-state index < -0.39 is 0 Å². The second-order valence-corrected chi connectivity index (χ2v) is 2.98. The Morgan fingerprint density at radius 2 is 2.45 bits per heavy atom. The molecule has 0 heterocycles. The van der Waals surface area contributed by atoms with Crippen molar-refractivity contribution in [2.24, 2.45) is 17.7 Å². The third-order valence-electron chi connectivity index (χ3n) is 2.20. The molecular formula is C8H14N2O. The van der Waals surface area contributed by atoms with Crippen LogP contribution in [0.4, 0.5) is 0 Å². The molecule has 2 unspecified atom stereocenters. The molecule has 0 bridgehead atoms. The maximum atomic E-state index is 11.1. The van der Waals surface area contributed by atoms with Gasteiger partial charge in [0.1, 0.15) is 0 Å². The number of rotatable bonds is 1. The molecule has 0 saturated carbocycles. The Morgan fingerprint density at radius 3 is 3.00 bits per heavy atom. The van der Waals surface area contributed by atoms with Crippen LogP contribution < -0.4 is 11.3 Å². The Morgan fingerprint density at radius 1 is 1.73 bits per heavy atom. The fraction of sp³-hybridized carbons (Fsp3) is 0.625. The van der Waals surface area contributed by atoms with Crippen molar-refractivity contribution < 1.29 is 4.79 Å². The van der Waals surface area contributed by atoms with Crippen LogP contribution in [0.3, 0.4) is 0 Å². The summed E-state index contributed by atoms with van der Waals surface area (Å²) in [5.41, 5.74) is 2.19. The van der Waals surface area contributed by atoms with Gasteiger partial charge in [-0.1, -0.05) is 19.1 Å². The van der Waals surface area contributed by atoms with Crippen LogP contribution in [-0.2, 0) is 4.79 Å². The van der Waals surface area contributed by atoms with E-state index >= 15 is 0 Å². The Bertz CT molecular complexity index is 177. The van der Waals surface area contributed by atoms with Crippen molar-refractivity contribution in [1.29, 1.82) is 0 Å². The predicted molar refractivity (Wildman–Crippen MR) is 43.4 cm³/mol. The molecule has 2 atom stereocenters. The molecule has 62 valence electrons. The van der Waals surface area contributed by atoms with Gasteiger partial charge in [0.05, 0.1) is 0 Å². The van der Waals surface area contributed by atoms with E-state index in [0.717, 1.165) is 12.8 Å². The summed E-state index contributed by atoms with van der Waals surface area (Å²) in [5, 5.41) is 0. The third kappa shape index (κ3) is 1.80. The smallest absolute Gasteiger partial charge is 0.237 e. The summed E-state index contributed by atoms with van der Waals surface area (Å²) in [7, 11) is 0. The van der Waals surface area contributed by atoms with Gasteiger partial charge < -0.3 is 0 Å². The van der Waals surface area contributed by atoms with E-state index in [-0.39, 0.29) is 11.8 Å².